The third-order valence-electron chi connectivity index (χ3n) is 10.2. The number of thiophene rings is 1. The molecule has 0 atom stereocenters. The topological polar surface area (TPSA) is 4.93 Å². The van der Waals surface area contributed by atoms with Crippen molar-refractivity contribution in [3.63, 3.8) is 0 Å². The number of nitrogens with zero attached hydrogens (tertiary/aromatic N) is 1. The van der Waals surface area contributed by atoms with Crippen LogP contribution in [0, 0.1) is 0 Å². The lowest BCUT2D eigenvalue weighted by atomic mass is 9.82. The molecule has 1 aliphatic carbocycles. The van der Waals surface area contributed by atoms with Crippen LogP contribution in [0.25, 0.3) is 80.7 Å². The first-order valence-electron chi connectivity index (χ1n) is 15.7. The van der Waals surface area contributed by atoms with Gasteiger partial charge in [-0.2, -0.15) is 0 Å². The normalized spacial score (nSPS) is 13.7. The van der Waals surface area contributed by atoms with Crippen LogP contribution >= 0.6 is 11.3 Å². The molecule has 212 valence electrons. The second-order valence-corrected chi connectivity index (χ2v) is 14.0. The maximum absolute atomic E-state index is 2.49. The minimum absolute atomic E-state index is 0.0602. The first-order chi connectivity index (χ1) is 22.1. The van der Waals surface area contributed by atoms with Crippen LogP contribution in [0.4, 0.5) is 0 Å². The van der Waals surface area contributed by atoms with Crippen LogP contribution in [-0.2, 0) is 5.41 Å². The molecule has 0 fully saturated rings. The molecule has 2 heterocycles. The largest absolute Gasteiger partial charge is 0.309 e. The Labute approximate surface area is 265 Å². The van der Waals surface area contributed by atoms with Gasteiger partial charge in [-0.25, -0.2) is 0 Å². The molecule has 0 saturated carbocycles. The summed E-state index contributed by atoms with van der Waals surface area (Å²) in [6.45, 7) is 4.74. The lowest BCUT2D eigenvalue weighted by Crippen LogP contribution is -2.14. The van der Waals surface area contributed by atoms with Gasteiger partial charge in [-0.05, 0) is 86.6 Å². The van der Waals surface area contributed by atoms with Gasteiger partial charge in [-0.1, -0.05) is 111 Å². The molecule has 45 heavy (non-hydrogen) atoms. The van der Waals surface area contributed by atoms with E-state index in [9.17, 15) is 0 Å². The standard InChI is InChI=1S/C43H29NS/c1-43(2)35-15-7-5-12-31(35)33-24-34-38(25-36(33)43)44(37-23-20-26-10-3-4-11-29(26)41(34)37)28-21-18-27(19-22-28)30-14-9-17-40-42(30)32-13-6-8-16-39(32)45-40/h3-25H,1-2H3. The van der Waals surface area contributed by atoms with Crippen LogP contribution in [-0.4, -0.2) is 4.57 Å². The van der Waals surface area contributed by atoms with Gasteiger partial charge in [0.1, 0.15) is 0 Å². The lowest BCUT2D eigenvalue weighted by Gasteiger charge is -2.21. The molecular formula is C43H29NS. The molecule has 7 aromatic carbocycles. The Morgan fingerprint density at radius 1 is 0.489 bits per heavy atom. The summed E-state index contributed by atoms with van der Waals surface area (Å²) in [7, 11) is 0. The summed E-state index contributed by atoms with van der Waals surface area (Å²) in [5, 5.41) is 7.90. The van der Waals surface area contributed by atoms with Gasteiger partial charge < -0.3 is 4.57 Å². The summed E-state index contributed by atoms with van der Waals surface area (Å²) < 4.78 is 5.16. The van der Waals surface area contributed by atoms with Crippen molar-refractivity contribution in [3.8, 4) is 27.9 Å². The van der Waals surface area contributed by atoms with Gasteiger partial charge >= 0.3 is 0 Å². The van der Waals surface area contributed by atoms with Crippen molar-refractivity contribution in [2.45, 2.75) is 19.3 Å². The Morgan fingerprint density at radius 2 is 1.22 bits per heavy atom. The minimum atomic E-state index is -0.0602. The molecule has 0 saturated heterocycles. The summed E-state index contributed by atoms with van der Waals surface area (Å²) in [5.74, 6) is 0. The molecule has 2 heteroatoms. The van der Waals surface area contributed by atoms with E-state index < -0.39 is 0 Å². The lowest BCUT2D eigenvalue weighted by molar-refractivity contribution is 0.661. The molecule has 10 rings (SSSR count). The molecule has 0 bridgehead atoms. The SMILES string of the molecule is CC1(C)c2ccccc2-c2cc3c4c5ccccc5ccc4n(-c4ccc(-c5cccc6sc7ccccc7c56)cc4)c3cc21. The van der Waals surface area contributed by atoms with Gasteiger partial charge in [0.25, 0.3) is 0 Å². The Morgan fingerprint density at radius 3 is 2.11 bits per heavy atom. The summed E-state index contributed by atoms with van der Waals surface area (Å²) >= 11 is 1.88. The number of rotatable bonds is 2. The number of hydrogen-bond acceptors (Lipinski definition) is 1. The zero-order valence-corrected chi connectivity index (χ0v) is 26.0. The summed E-state index contributed by atoms with van der Waals surface area (Å²) in [5.41, 5.74) is 11.7. The van der Waals surface area contributed by atoms with Crippen molar-refractivity contribution in [3.05, 3.63) is 151 Å². The van der Waals surface area contributed by atoms with Crippen molar-refractivity contribution >= 4 is 64.1 Å². The average Bonchev–Trinajstić information content (AvgIpc) is 3.70. The van der Waals surface area contributed by atoms with Gasteiger partial charge in [0.05, 0.1) is 11.0 Å². The average molecular weight is 592 g/mol. The van der Waals surface area contributed by atoms with Crippen molar-refractivity contribution in [1.82, 2.24) is 4.57 Å². The molecular weight excluding hydrogens is 563 g/mol. The Kier molecular flexibility index (Phi) is 5.00. The van der Waals surface area contributed by atoms with Gasteiger partial charge in [0.2, 0.25) is 0 Å². The number of fused-ring (bicyclic) bond motifs is 11. The highest BCUT2D eigenvalue weighted by Gasteiger charge is 2.36. The summed E-state index contributed by atoms with van der Waals surface area (Å²) in [6, 6.07) is 52.0. The van der Waals surface area contributed by atoms with Crippen LogP contribution in [0.1, 0.15) is 25.0 Å². The summed E-state index contributed by atoms with van der Waals surface area (Å²) in [4.78, 5) is 0. The molecule has 0 radical (unpaired) electrons. The molecule has 9 aromatic rings. The fourth-order valence-corrected chi connectivity index (χ4v) is 9.20. The molecule has 1 nitrogen and oxygen atoms in total. The van der Waals surface area contributed by atoms with Crippen LogP contribution in [0.2, 0.25) is 0 Å². The van der Waals surface area contributed by atoms with E-state index in [-0.39, 0.29) is 5.41 Å². The fourth-order valence-electron chi connectivity index (χ4n) is 8.06. The molecule has 2 aromatic heterocycles. The van der Waals surface area contributed by atoms with Crippen LogP contribution in [0.15, 0.2) is 140 Å². The van der Waals surface area contributed by atoms with E-state index in [2.05, 4.69) is 158 Å². The molecule has 0 N–H and O–H groups in total. The van der Waals surface area contributed by atoms with Crippen LogP contribution in [0.5, 0.6) is 0 Å². The third kappa shape index (κ3) is 3.38. The van der Waals surface area contributed by atoms with Crippen LogP contribution < -0.4 is 0 Å². The zero-order valence-electron chi connectivity index (χ0n) is 25.1. The molecule has 0 unspecified atom stereocenters. The fraction of sp³-hybridized carbons (Fsp3) is 0.0698. The minimum Gasteiger partial charge on any atom is -0.309 e. The predicted octanol–water partition coefficient (Wildman–Crippen LogP) is 12.3. The molecule has 0 aliphatic heterocycles. The number of benzene rings is 7. The predicted molar refractivity (Wildman–Crippen MR) is 194 cm³/mol. The van der Waals surface area contributed by atoms with Crippen LogP contribution in [0.3, 0.4) is 0 Å². The molecule has 1 aliphatic rings. The van der Waals surface area contributed by atoms with E-state index in [1.807, 2.05) is 11.3 Å². The van der Waals surface area contributed by atoms with Gasteiger partial charge in [-0.15, -0.1) is 11.3 Å². The quantitative estimate of drug-likeness (QED) is 0.188. The van der Waals surface area contributed by atoms with E-state index in [1.54, 1.807) is 0 Å². The number of aromatic nitrogens is 1. The van der Waals surface area contributed by atoms with Gasteiger partial charge in [0.15, 0.2) is 0 Å². The molecule has 0 amide bonds. The van der Waals surface area contributed by atoms with Gasteiger partial charge in [0, 0.05) is 42.0 Å². The monoisotopic (exact) mass is 591 g/mol. The Bertz CT molecular complexity index is 2670. The van der Waals surface area contributed by atoms with E-state index in [4.69, 9.17) is 0 Å². The second kappa shape index (κ2) is 8.94. The van der Waals surface area contributed by atoms with E-state index >= 15 is 0 Å². The number of hydrogen-bond donors (Lipinski definition) is 0. The first-order valence-corrected chi connectivity index (χ1v) is 16.5. The van der Waals surface area contributed by atoms with Crippen molar-refractivity contribution < 1.29 is 0 Å². The van der Waals surface area contributed by atoms with E-state index in [1.165, 1.54) is 91.8 Å². The van der Waals surface area contributed by atoms with Crippen molar-refractivity contribution in [2.24, 2.45) is 0 Å². The first kappa shape index (κ1) is 25.2. The third-order valence-corrected chi connectivity index (χ3v) is 11.3. The highest BCUT2D eigenvalue weighted by molar-refractivity contribution is 7.25. The Balaban J connectivity index is 1.24. The molecule has 0 spiro atoms. The van der Waals surface area contributed by atoms with Crippen molar-refractivity contribution in [2.75, 3.05) is 0 Å². The smallest absolute Gasteiger partial charge is 0.0547 e. The van der Waals surface area contributed by atoms with Crippen molar-refractivity contribution in [1.29, 1.82) is 0 Å². The second-order valence-electron chi connectivity index (χ2n) is 12.9. The highest BCUT2D eigenvalue weighted by Crippen LogP contribution is 2.51. The maximum Gasteiger partial charge on any atom is 0.0547 e. The summed E-state index contributed by atoms with van der Waals surface area (Å²) in [6.07, 6.45) is 0. The highest BCUT2D eigenvalue weighted by atomic mass is 32.1. The Hall–Kier alpha value is -5.18. The maximum atomic E-state index is 2.49. The zero-order chi connectivity index (χ0) is 29.9. The van der Waals surface area contributed by atoms with Gasteiger partial charge in [-0.3, -0.25) is 0 Å². The van der Waals surface area contributed by atoms with E-state index in [0.717, 1.165) is 0 Å². The van der Waals surface area contributed by atoms with E-state index in [0.29, 0.717) is 0 Å².